The fraction of sp³-hybridized carbons (Fsp3) is 0.320. The van der Waals surface area contributed by atoms with Gasteiger partial charge < -0.3 is 15.5 Å². The van der Waals surface area contributed by atoms with Crippen LogP contribution in [0.3, 0.4) is 0 Å². The van der Waals surface area contributed by atoms with Crippen molar-refractivity contribution in [3.63, 3.8) is 0 Å². The predicted molar refractivity (Wildman–Crippen MR) is 141 cm³/mol. The zero-order valence-electron chi connectivity index (χ0n) is 20.5. The summed E-state index contributed by atoms with van der Waals surface area (Å²) in [5.41, 5.74) is -0.649. The number of carbonyl (C=O) groups is 3. The summed E-state index contributed by atoms with van der Waals surface area (Å²) in [4.78, 5) is 44.1. The molecule has 3 aromatic rings. The number of rotatable bonds is 6. The van der Waals surface area contributed by atoms with Gasteiger partial charge in [-0.3, -0.25) is 14.4 Å². The first-order valence-corrected chi connectivity index (χ1v) is 12.9. The number of piperidine rings is 1. The third-order valence-electron chi connectivity index (χ3n) is 6.17. The van der Waals surface area contributed by atoms with E-state index in [0.717, 1.165) is 23.5 Å². The third-order valence-corrected chi connectivity index (χ3v) is 6.85. The van der Waals surface area contributed by atoms with Crippen LogP contribution in [0.25, 0.3) is 5.82 Å². The van der Waals surface area contributed by atoms with Gasteiger partial charge in [-0.1, -0.05) is 11.6 Å². The highest BCUT2D eigenvalue weighted by atomic mass is 79.9. The summed E-state index contributed by atoms with van der Waals surface area (Å²) < 4.78 is 32.2. The second-order valence-corrected chi connectivity index (χ2v) is 9.97. The van der Waals surface area contributed by atoms with Crippen LogP contribution < -0.4 is 10.6 Å². The second-order valence-electron chi connectivity index (χ2n) is 8.75. The maximum Gasteiger partial charge on any atom is 0.350 e. The monoisotopic (exact) mass is 608 g/mol. The minimum atomic E-state index is -3.85. The number of likely N-dealkylation sites (tertiary alicyclic amines) is 1. The van der Waals surface area contributed by atoms with Gasteiger partial charge in [-0.2, -0.15) is 13.9 Å². The molecule has 0 bridgehead atoms. The zero-order valence-corrected chi connectivity index (χ0v) is 22.9. The van der Waals surface area contributed by atoms with E-state index in [1.54, 1.807) is 12.1 Å². The zero-order chi connectivity index (χ0) is 27.6. The van der Waals surface area contributed by atoms with Gasteiger partial charge in [0.1, 0.15) is 10.3 Å². The number of nitrogens with one attached hydrogen (secondary N) is 2. The van der Waals surface area contributed by atoms with E-state index in [9.17, 15) is 14.4 Å². The van der Waals surface area contributed by atoms with Crippen molar-refractivity contribution in [2.24, 2.45) is 0 Å². The van der Waals surface area contributed by atoms with Crippen LogP contribution in [-0.2, 0) is 10.7 Å². The number of hydrogen-bond donors (Lipinski definition) is 2. The van der Waals surface area contributed by atoms with Crippen molar-refractivity contribution in [1.29, 1.82) is 0 Å². The number of amides is 3. The molecule has 13 heteroatoms. The summed E-state index contributed by atoms with van der Waals surface area (Å²) in [6.45, 7) is 1.98. The predicted octanol–water partition coefficient (Wildman–Crippen LogP) is 4.71. The van der Waals surface area contributed by atoms with Crippen molar-refractivity contribution in [2.75, 3.05) is 25.5 Å². The SMILES string of the molecule is CNC(=O)c1cc(C(F)(F)C(=O)N2CCCCC2)cc(C)c1NC(=O)c1cc(Br)nn1-c1ncccc1Cl. The Kier molecular flexibility index (Phi) is 8.12. The van der Waals surface area contributed by atoms with Crippen molar-refractivity contribution in [2.45, 2.75) is 32.1 Å². The number of halogens is 4. The maximum atomic E-state index is 15.4. The molecule has 1 aliphatic heterocycles. The highest BCUT2D eigenvalue weighted by molar-refractivity contribution is 9.10. The lowest BCUT2D eigenvalue weighted by molar-refractivity contribution is -0.160. The fourth-order valence-electron chi connectivity index (χ4n) is 4.25. The summed E-state index contributed by atoms with van der Waals surface area (Å²) in [7, 11) is 1.34. The smallest absolute Gasteiger partial charge is 0.350 e. The lowest BCUT2D eigenvalue weighted by atomic mass is 9.97. The molecule has 9 nitrogen and oxygen atoms in total. The molecule has 4 rings (SSSR count). The number of alkyl halides is 2. The average Bonchev–Trinajstić information content (AvgIpc) is 3.30. The molecule has 1 saturated heterocycles. The molecule has 1 fully saturated rings. The summed E-state index contributed by atoms with van der Waals surface area (Å²) in [6, 6.07) is 6.67. The first-order valence-electron chi connectivity index (χ1n) is 11.8. The van der Waals surface area contributed by atoms with Crippen molar-refractivity contribution in [3.05, 3.63) is 68.5 Å². The number of hydrogen-bond acceptors (Lipinski definition) is 5. The molecule has 0 radical (unpaired) electrons. The Labute approximate surface area is 230 Å². The number of aryl methyl sites for hydroxylation is 1. The van der Waals surface area contributed by atoms with Crippen LogP contribution in [0.15, 0.2) is 41.1 Å². The minimum absolute atomic E-state index is 0.00955. The van der Waals surface area contributed by atoms with Crippen molar-refractivity contribution in [3.8, 4) is 5.82 Å². The molecule has 0 aliphatic carbocycles. The number of pyridine rings is 1. The first kappa shape index (κ1) is 27.6. The molecule has 1 aromatic carbocycles. The minimum Gasteiger partial charge on any atom is -0.355 e. The lowest BCUT2D eigenvalue weighted by Gasteiger charge is -2.30. The molecule has 3 heterocycles. The summed E-state index contributed by atoms with van der Waals surface area (Å²) in [5, 5.41) is 9.49. The average molecular weight is 610 g/mol. The molecular weight excluding hydrogens is 586 g/mol. The van der Waals surface area contributed by atoms with E-state index in [1.807, 2.05) is 0 Å². The summed E-state index contributed by atoms with van der Waals surface area (Å²) >= 11 is 9.47. The number of nitrogens with zero attached hydrogens (tertiary/aromatic N) is 4. The van der Waals surface area contributed by atoms with E-state index in [1.165, 1.54) is 30.9 Å². The Balaban J connectivity index is 1.72. The van der Waals surface area contributed by atoms with Gasteiger partial charge in [0.15, 0.2) is 5.82 Å². The molecule has 3 amide bonds. The van der Waals surface area contributed by atoms with Crippen LogP contribution in [0.1, 0.15) is 51.2 Å². The Morgan fingerprint density at radius 1 is 1.11 bits per heavy atom. The molecule has 2 N–H and O–H groups in total. The molecule has 1 aliphatic rings. The Morgan fingerprint density at radius 3 is 2.47 bits per heavy atom. The largest absolute Gasteiger partial charge is 0.355 e. The normalized spacial score (nSPS) is 13.8. The summed E-state index contributed by atoms with van der Waals surface area (Å²) in [5.74, 6) is -6.38. The van der Waals surface area contributed by atoms with Crippen LogP contribution in [0, 0.1) is 6.92 Å². The van der Waals surface area contributed by atoms with Crippen LogP contribution in [0.4, 0.5) is 14.5 Å². The van der Waals surface area contributed by atoms with E-state index in [4.69, 9.17) is 11.6 Å². The molecule has 0 saturated carbocycles. The van der Waals surface area contributed by atoms with E-state index in [0.29, 0.717) is 17.4 Å². The van der Waals surface area contributed by atoms with E-state index >= 15 is 8.78 Å². The van der Waals surface area contributed by atoms with Gasteiger partial charge in [0.25, 0.3) is 17.7 Å². The maximum absolute atomic E-state index is 15.4. The van der Waals surface area contributed by atoms with E-state index < -0.39 is 29.2 Å². The Morgan fingerprint density at radius 2 is 1.82 bits per heavy atom. The number of aromatic nitrogens is 3. The van der Waals surface area contributed by atoms with Gasteiger partial charge in [-0.05, 0) is 71.9 Å². The molecular formula is C25H24BrClF2N6O3. The van der Waals surface area contributed by atoms with Gasteiger partial charge in [-0.25, -0.2) is 9.67 Å². The highest BCUT2D eigenvalue weighted by Crippen LogP contribution is 2.36. The van der Waals surface area contributed by atoms with Gasteiger partial charge >= 0.3 is 5.92 Å². The van der Waals surface area contributed by atoms with Crippen LogP contribution in [-0.4, -0.2) is 57.5 Å². The topological polar surface area (TPSA) is 109 Å². The third kappa shape index (κ3) is 5.41. The molecule has 200 valence electrons. The molecule has 0 atom stereocenters. The fourth-order valence-corrected chi connectivity index (χ4v) is 4.83. The van der Waals surface area contributed by atoms with Gasteiger partial charge in [-0.15, -0.1) is 0 Å². The lowest BCUT2D eigenvalue weighted by Crippen LogP contribution is -2.44. The standard InChI is InChI=1S/C25H24BrClF2N6O3/c1-14-11-15(25(28,29)24(38)34-9-4-3-5-10-34)12-16(22(36)30-2)20(14)32-23(37)18-13-19(26)33-35(18)21-17(27)7-6-8-31-21/h6-8,11-13H,3-5,9-10H2,1-2H3,(H,30,36)(H,32,37). The first-order chi connectivity index (χ1) is 18.0. The van der Waals surface area contributed by atoms with Crippen LogP contribution >= 0.6 is 27.5 Å². The number of benzene rings is 1. The molecule has 0 spiro atoms. The van der Waals surface area contributed by atoms with Crippen LogP contribution in [0.2, 0.25) is 5.02 Å². The van der Waals surface area contributed by atoms with Gasteiger partial charge in [0, 0.05) is 38.0 Å². The van der Waals surface area contributed by atoms with Crippen molar-refractivity contribution >= 4 is 50.9 Å². The van der Waals surface area contributed by atoms with E-state index in [-0.39, 0.29) is 46.4 Å². The highest BCUT2D eigenvalue weighted by Gasteiger charge is 2.45. The Hall–Kier alpha value is -3.38. The number of anilines is 1. The summed E-state index contributed by atoms with van der Waals surface area (Å²) in [6.07, 6.45) is 3.68. The molecule has 0 unspecified atom stereocenters. The second kappa shape index (κ2) is 11.2. The quantitative estimate of drug-likeness (QED) is 0.421. The van der Waals surface area contributed by atoms with E-state index in [2.05, 4.69) is 36.6 Å². The molecule has 38 heavy (non-hydrogen) atoms. The van der Waals surface area contributed by atoms with Crippen molar-refractivity contribution < 1.29 is 23.2 Å². The van der Waals surface area contributed by atoms with Gasteiger partial charge in [0.05, 0.1) is 16.3 Å². The molecule has 2 aromatic heterocycles. The van der Waals surface area contributed by atoms with Crippen molar-refractivity contribution in [1.82, 2.24) is 25.0 Å². The Bertz CT molecular complexity index is 1410. The number of carbonyl (C=O) groups excluding carboxylic acids is 3. The van der Waals surface area contributed by atoms with Crippen LogP contribution in [0.5, 0.6) is 0 Å². The van der Waals surface area contributed by atoms with Gasteiger partial charge in [0.2, 0.25) is 0 Å².